The average Bonchev–Trinajstić information content (AvgIpc) is 2.64. The van der Waals surface area contributed by atoms with Gasteiger partial charge in [0.1, 0.15) is 0 Å². The predicted octanol–water partition coefficient (Wildman–Crippen LogP) is 3.25. The number of rotatable bonds is 2. The van der Waals surface area contributed by atoms with Gasteiger partial charge in [0, 0.05) is 0 Å². The summed E-state index contributed by atoms with van der Waals surface area (Å²) in [5.74, 6) is 0.880. The molecule has 0 bridgehead atoms. The summed E-state index contributed by atoms with van der Waals surface area (Å²) < 4.78 is 8.84. The molecule has 4 heteroatoms. The fourth-order valence-electron chi connectivity index (χ4n) is 2.16. The molecule has 1 aliphatic carbocycles. The molecule has 1 aromatic rings. The molecule has 1 fully saturated rings. The van der Waals surface area contributed by atoms with Crippen molar-refractivity contribution in [3.05, 3.63) is 18.2 Å². The van der Waals surface area contributed by atoms with Crippen molar-refractivity contribution in [3.63, 3.8) is 0 Å². The molecule has 0 amide bonds. The van der Waals surface area contributed by atoms with Crippen LogP contribution in [0.1, 0.15) is 19.8 Å². The SMILES string of the molecule is CC1CC(Nc2cccc3c2N=[Se]=N3)C1. The van der Waals surface area contributed by atoms with Crippen molar-refractivity contribution in [1.82, 2.24) is 0 Å². The molecule has 0 saturated heterocycles. The van der Waals surface area contributed by atoms with Gasteiger partial charge in [-0.3, -0.25) is 0 Å². The average molecular weight is 266 g/mol. The van der Waals surface area contributed by atoms with Gasteiger partial charge >= 0.3 is 94.8 Å². The van der Waals surface area contributed by atoms with E-state index in [9.17, 15) is 0 Å². The Bertz CT molecular complexity index is 457. The van der Waals surface area contributed by atoms with Crippen molar-refractivity contribution in [3.8, 4) is 0 Å². The summed E-state index contributed by atoms with van der Waals surface area (Å²) >= 11 is 0.0764. The minimum absolute atomic E-state index is 0.0764. The molecule has 3 rings (SSSR count). The van der Waals surface area contributed by atoms with E-state index < -0.39 is 0 Å². The number of benzene rings is 1. The third-order valence-electron chi connectivity index (χ3n) is 3.02. The van der Waals surface area contributed by atoms with Crippen molar-refractivity contribution >= 4 is 31.6 Å². The molecule has 15 heavy (non-hydrogen) atoms. The van der Waals surface area contributed by atoms with Gasteiger partial charge < -0.3 is 0 Å². The van der Waals surface area contributed by atoms with Crippen LogP contribution >= 0.6 is 0 Å². The van der Waals surface area contributed by atoms with Crippen LogP contribution in [0.5, 0.6) is 0 Å². The zero-order valence-corrected chi connectivity index (χ0v) is 10.3. The Hall–Kier alpha value is -0.861. The zero-order chi connectivity index (χ0) is 10.3. The first-order valence-electron chi connectivity index (χ1n) is 5.31. The van der Waals surface area contributed by atoms with Crippen molar-refractivity contribution in [2.75, 3.05) is 5.32 Å². The van der Waals surface area contributed by atoms with Crippen molar-refractivity contribution in [1.29, 1.82) is 0 Å². The molecule has 2 aliphatic rings. The summed E-state index contributed by atoms with van der Waals surface area (Å²) in [5, 5.41) is 3.57. The Morgan fingerprint density at radius 1 is 1.33 bits per heavy atom. The maximum atomic E-state index is 4.46. The number of hydrogen-bond donors (Lipinski definition) is 1. The normalized spacial score (nSPS) is 26.7. The van der Waals surface area contributed by atoms with Crippen LogP contribution in [0, 0.1) is 5.92 Å². The minimum atomic E-state index is 0.0764. The zero-order valence-electron chi connectivity index (χ0n) is 8.60. The predicted molar refractivity (Wildman–Crippen MR) is 62.2 cm³/mol. The molecule has 1 aliphatic heterocycles. The second kappa shape index (κ2) is 3.62. The fourth-order valence-corrected chi connectivity index (χ4v) is 3.32. The second-order valence-corrected chi connectivity index (χ2v) is 5.46. The molecule has 1 saturated carbocycles. The summed E-state index contributed by atoms with van der Waals surface area (Å²) in [4.78, 5) is 0. The fraction of sp³-hybridized carbons (Fsp3) is 0.455. The van der Waals surface area contributed by atoms with E-state index in [0.29, 0.717) is 6.04 Å². The molecule has 78 valence electrons. The summed E-state index contributed by atoms with van der Waals surface area (Å²) in [6.45, 7) is 2.30. The molecular weight excluding hydrogens is 253 g/mol. The molecule has 3 nitrogen and oxygen atoms in total. The molecule has 0 radical (unpaired) electrons. The van der Waals surface area contributed by atoms with Gasteiger partial charge in [0.2, 0.25) is 0 Å². The van der Waals surface area contributed by atoms with Crippen LogP contribution in [-0.2, 0) is 0 Å². The summed E-state index contributed by atoms with van der Waals surface area (Å²) in [5.41, 5.74) is 3.32. The molecule has 0 aromatic heterocycles. The Balaban J connectivity index is 1.81. The summed E-state index contributed by atoms with van der Waals surface area (Å²) in [6, 6.07) is 6.86. The second-order valence-electron chi connectivity index (χ2n) is 4.36. The third-order valence-corrected chi connectivity index (χ3v) is 4.16. The van der Waals surface area contributed by atoms with Crippen LogP contribution in [0.15, 0.2) is 26.1 Å². The Morgan fingerprint density at radius 3 is 3.00 bits per heavy atom. The van der Waals surface area contributed by atoms with E-state index in [1.54, 1.807) is 0 Å². The Morgan fingerprint density at radius 2 is 2.20 bits per heavy atom. The molecule has 0 atom stereocenters. The van der Waals surface area contributed by atoms with Crippen LogP contribution in [0.4, 0.5) is 17.1 Å². The van der Waals surface area contributed by atoms with E-state index in [2.05, 4.69) is 32.3 Å². The molecule has 1 heterocycles. The molecule has 0 unspecified atom stereocenters. The topological polar surface area (TPSA) is 36.8 Å². The van der Waals surface area contributed by atoms with Gasteiger partial charge in [-0.1, -0.05) is 0 Å². The van der Waals surface area contributed by atoms with E-state index in [1.165, 1.54) is 18.5 Å². The van der Waals surface area contributed by atoms with E-state index >= 15 is 0 Å². The number of nitrogens with zero attached hydrogens (tertiary/aromatic N) is 2. The molecule has 1 aromatic carbocycles. The Kier molecular flexibility index (Phi) is 2.26. The first-order chi connectivity index (χ1) is 7.33. The maximum absolute atomic E-state index is 4.46. The number of fused-ring (bicyclic) bond motifs is 1. The summed E-state index contributed by atoms with van der Waals surface area (Å²) in [7, 11) is 0. The Labute approximate surface area is 95.0 Å². The van der Waals surface area contributed by atoms with Gasteiger partial charge in [-0.05, 0) is 0 Å². The van der Waals surface area contributed by atoms with Gasteiger partial charge in [0.25, 0.3) is 0 Å². The van der Waals surface area contributed by atoms with Gasteiger partial charge in [-0.2, -0.15) is 0 Å². The molecule has 1 N–H and O–H groups in total. The summed E-state index contributed by atoms with van der Waals surface area (Å²) in [6.07, 6.45) is 2.57. The van der Waals surface area contributed by atoms with Crippen LogP contribution in [0.3, 0.4) is 0 Å². The van der Waals surface area contributed by atoms with Gasteiger partial charge in [0.05, 0.1) is 0 Å². The van der Waals surface area contributed by atoms with Crippen molar-refractivity contribution in [2.45, 2.75) is 25.8 Å². The number of nitrogens with one attached hydrogen (secondary N) is 1. The van der Waals surface area contributed by atoms with Crippen LogP contribution in [0.2, 0.25) is 0 Å². The van der Waals surface area contributed by atoms with Crippen LogP contribution in [0.25, 0.3) is 0 Å². The molecule has 0 spiro atoms. The monoisotopic (exact) mass is 267 g/mol. The first kappa shape index (κ1) is 9.37. The van der Waals surface area contributed by atoms with Crippen LogP contribution in [-0.4, -0.2) is 20.6 Å². The van der Waals surface area contributed by atoms with Gasteiger partial charge in [0.15, 0.2) is 0 Å². The number of anilines is 1. The first-order valence-corrected chi connectivity index (χ1v) is 6.84. The van der Waals surface area contributed by atoms with E-state index in [-0.39, 0.29) is 14.6 Å². The van der Waals surface area contributed by atoms with E-state index in [1.807, 2.05) is 6.07 Å². The van der Waals surface area contributed by atoms with Crippen molar-refractivity contribution in [2.24, 2.45) is 13.8 Å². The molecular formula is C11H13N3Se. The van der Waals surface area contributed by atoms with E-state index in [4.69, 9.17) is 0 Å². The quantitative estimate of drug-likeness (QED) is 0.832. The van der Waals surface area contributed by atoms with E-state index in [0.717, 1.165) is 17.3 Å². The van der Waals surface area contributed by atoms with Crippen LogP contribution < -0.4 is 5.32 Å². The van der Waals surface area contributed by atoms with Crippen molar-refractivity contribution < 1.29 is 0 Å². The standard InChI is InChI=1S/C11H13N3Se/c1-7-5-8(6-7)12-9-3-2-4-10-11(9)14-15-13-10/h2-4,7-8,12H,5-6H2,1H3. The number of hydrogen-bond acceptors (Lipinski definition) is 3. The van der Waals surface area contributed by atoms with Gasteiger partial charge in [-0.25, -0.2) is 0 Å². The van der Waals surface area contributed by atoms with Gasteiger partial charge in [-0.15, -0.1) is 0 Å². The third kappa shape index (κ3) is 1.68.